The molecule has 0 bridgehead atoms. The van der Waals surface area contributed by atoms with Gasteiger partial charge < -0.3 is 5.32 Å². The summed E-state index contributed by atoms with van der Waals surface area (Å²) in [6.07, 6.45) is 0. The quantitative estimate of drug-likeness (QED) is 0.673. The molecule has 0 aliphatic rings. The number of thiophene rings is 1. The first-order chi connectivity index (χ1) is 11.1. The summed E-state index contributed by atoms with van der Waals surface area (Å²) >= 11 is 4.59. The summed E-state index contributed by atoms with van der Waals surface area (Å²) in [6, 6.07) is 4.06. The second-order valence-corrected chi connectivity index (χ2v) is 7.63. The Balaban J connectivity index is 1.54. The Morgan fingerprint density at radius 2 is 2.35 bits per heavy atom. The molecular weight excluding hydrogens is 352 g/mol. The van der Waals surface area contributed by atoms with Crippen LogP contribution in [0.2, 0.25) is 0 Å². The van der Waals surface area contributed by atoms with Crippen molar-refractivity contribution in [1.29, 1.82) is 0 Å². The van der Waals surface area contributed by atoms with Gasteiger partial charge in [-0.05, 0) is 28.8 Å². The Bertz CT molecular complexity index is 795. The van der Waals surface area contributed by atoms with Gasteiger partial charge >= 0.3 is 0 Å². The molecule has 3 aromatic rings. The highest BCUT2D eigenvalue weighted by molar-refractivity contribution is 7.99. The van der Waals surface area contributed by atoms with Crippen molar-refractivity contribution in [3.05, 3.63) is 28.1 Å². The summed E-state index contributed by atoms with van der Waals surface area (Å²) in [5.74, 6) is 0.229. The third-order valence-electron chi connectivity index (χ3n) is 2.98. The number of carbonyl (C=O) groups is 1. The SMILES string of the molecule is Cc1nc(-c2cccs2)sc1CNC(=O)CSc1nnnn1C. The number of rotatable bonds is 6. The number of thioether (sulfide) groups is 1. The van der Waals surface area contributed by atoms with Gasteiger partial charge in [-0.1, -0.05) is 17.8 Å². The van der Waals surface area contributed by atoms with Crippen molar-refractivity contribution in [3.8, 4) is 9.88 Å². The minimum atomic E-state index is -0.0523. The molecule has 0 atom stereocenters. The molecule has 1 amide bonds. The minimum absolute atomic E-state index is 0.0523. The minimum Gasteiger partial charge on any atom is -0.350 e. The fourth-order valence-electron chi connectivity index (χ4n) is 1.80. The van der Waals surface area contributed by atoms with Crippen molar-refractivity contribution in [1.82, 2.24) is 30.5 Å². The summed E-state index contributed by atoms with van der Waals surface area (Å²) in [4.78, 5) is 18.7. The standard InChI is InChI=1S/C13H14N6OS3/c1-8-10(23-12(15-8)9-4-3-5-21-9)6-14-11(20)7-22-13-16-17-18-19(13)2/h3-5H,6-7H2,1-2H3,(H,14,20). The van der Waals surface area contributed by atoms with Gasteiger partial charge in [-0.15, -0.1) is 27.8 Å². The fraction of sp³-hybridized carbons (Fsp3) is 0.308. The molecule has 0 unspecified atom stereocenters. The van der Waals surface area contributed by atoms with E-state index in [-0.39, 0.29) is 11.7 Å². The van der Waals surface area contributed by atoms with Gasteiger partial charge in [-0.2, -0.15) is 0 Å². The molecule has 1 N–H and O–H groups in total. The van der Waals surface area contributed by atoms with E-state index in [1.54, 1.807) is 34.4 Å². The summed E-state index contributed by atoms with van der Waals surface area (Å²) in [6.45, 7) is 2.46. The fourth-order valence-corrected chi connectivity index (χ4v) is 4.28. The number of nitrogens with one attached hydrogen (secondary N) is 1. The molecule has 120 valence electrons. The van der Waals surface area contributed by atoms with Crippen molar-refractivity contribution in [2.75, 3.05) is 5.75 Å². The molecule has 0 aliphatic heterocycles. The van der Waals surface area contributed by atoms with Gasteiger partial charge in [-0.3, -0.25) is 4.79 Å². The number of hydrogen-bond acceptors (Lipinski definition) is 8. The van der Waals surface area contributed by atoms with E-state index in [2.05, 4.69) is 31.9 Å². The molecule has 3 aromatic heterocycles. The van der Waals surface area contributed by atoms with Crippen molar-refractivity contribution in [2.24, 2.45) is 7.05 Å². The van der Waals surface area contributed by atoms with E-state index in [1.807, 2.05) is 18.4 Å². The van der Waals surface area contributed by atoms with Crippen LogP contribution in [0.25, 0.3) is 9.88 Å². The van der Waals surface area contributed by atoms with E-state index in [9.17, 15) is 4.79 Å². The van der Waals surface area contributed by atoms with Gasteiger partial charge in [0.05, 0.1) is 22.9 Å². The van der Waals surface area contributed by atoms with E-state index in [1.165, 1.54) is 11.8 Å². The number of carbonyl (C=O) groups excluding carboxylic acids is 1. The predicted molar refractivity (Wildman–Crippen MR) is 91.5 cm³/mol. The van der Waals surface area contributed by atoms with Crippen LogP contribution in [0, 0.1) is 6.92 Å². The first-order valence-corrected chi connectivity index (χ1v) is 9.43. The van der Waals surface area contributed by atoms with Gasteiger partial charge in [0, 0.05) is 11.9 Å². The lowest BCUT2D eigenvalue weighted by Crippen LogP contribution is -2.24. The smallest absolute Gasteiger partial charge is 0.230 e. The molecule has 0 radical (unpaired) electrons. The van der Waals surface area contributed by atoms with E-state index in [4.69, 9.17) is 0 Å². The zero-order valence-corrected chi connectivity index (χ0v) is 15.0. The number of tetrazole rings is 1. The molecule has 3 heterocycles. The third-order valence-corrected chi connectivity index (χ3v) is 6.19. The lowest BCUT2D eigenvalue weighted by atomic mass is 10.4. The van der Waals surface area contributed by atoms with Gasteiger partial charge in [0.25, 0.3) is 0 Å². The van der Waals surface area contributed by atoms with Crippen LogP contribution in [0.15, 0.2) is 22.7 Å². The van der Waals surface area contributed by atoms with Crippen LogP contribution in [0.5, 0.6) is 0 Å². The summed E-state index contributed by atoms with van der Waals surface area (Å²) in [5, 5.41) is 17.7. The van der Waals surface area contributed by atoms with Gasteiger partial charge in [-0.25, -0.2) is 9.67 Å². The first kappa shape index (κ1) is 16.1. The Labute approximate surface area is 145 Å². The Hall–Kier alpha value is -1.78. The largest absolute Gasteiger partial charge is 0.350 e. The molecule has 7 nitrogen and oxygen atoms in total. The summed E-state index contributed by atoms with van der Waals surface area (Å²) in [7, 11) is 1.74. The second kappa shape index (κ2) is 7.20. The van der Waals surface area contributed by atoms with Crippen LogP contribution in [0.3, 0.4) is 0 Å². The highest BCUT2D eigenvalue weighted by atomic mass is 32.2. The molecule has 0 aliphatic carbocycles. The van der Waals surface area contributed by atoms with Crippen LogP contribution in [-0.2, 0) is 18.4 Å². The van der Waals surface area contributed by atoms with E-state index in [0.717, 1.165) is 20.5 Å². The Morgan fingerprint density at radius 3 is 3.04 bits per heavy atom. The topological polar surface area (TPSA) is 85.6 Å². The Kier molecular flexibility index (Phi) is 5.03. The zero-order valence-electron chi connectivity index (χ0n) is 12.5. The van der Waals surface area contributed by atoms with Gasteiger partial charge in [0.1, 0.15) is 5.01 Å². The monoisotopic (exact) mass is 366 g/mol. The number of aryl methyl sites for hydroxylation is 2. The predicted octanol–water partition coefficient (Wildman–Crippen LogP) is 2.11. The van der Waals surface area contributed by atoms with E-state index >= 15 is 0 Å². The number of aromatic nitrogens is 5. The molecule has 0 saturated carbocycles. The van der Waals surface area contributed by atoms with Crippen LogP contribution in [0.1, 0.15) is 10.6 Å². The molecule has 0 aromatic carbocycles. The maximum absolute atomic E-state index is 11.9. The van der Waals surface area contributed by atoms with Gasteiger partial charge in [0.2, 0.25) is 11.1 Å². The van der Waals surface area contributed by atoms with Crippen molar-refractivity contribution >= 4 is 40.3 Å². The average Bonchev–Trinajstić information content (AvgIpc) is 3.24. The van der Waals surface area contributed by atoms with Crippen molar-refractivity contribution in [2.45, 2.75) is 18.6 Å². The first-order valence-electron chi connectivity index (χ1n) is 6.75. The second-order valence-electron chi connectivity index (χ2n) is 4.66. The molecule has 3 rings (SSSR count). The normalized spacial score (nSPS) is 10.9. The van der Waals surface area contributed by atoms with Crippen LogP contribution < -0.4 is 5.32 Å². The lowest BCUT2D eigenvalue weighted by molar-refractivity contribution is -0.118. The molecule has 10 heteroatoms. The zero-order chi connectivity index (χ0) is 16.2. The van der Waals surface area contributed by atoms with Gasteiger partial charge in [0.15, 0.2) is 0 Å². The molecular formula is C13H14N6OS3. The number of amides is 1. The van der Waals surface area contributed by atoms with E-state index < -0.39 is 0 Å². The van der Waals surface area contributed by atoms with E-state index in [0.29, 0.717) is 11.7 Å². The highest BCUT2D eigenvalue weighted by Gasteiger charge is 2.12. The van der Waals surface area contributed by atoms with Crippen LogP contribution in [0.4, 0.5) is 0 Å². The van der Waals surface area contributed by atoms with Crippen molar-refractivity contribution < 1.29 is 4.79 Å². The lowest BCUT2D eigenvalue weighted by Gasteiger charge is -2.03. The molecule has 0 saturated heterocycles. The average molecular weight is 366 g/mol. The maximum atomic E-state index is 11.9. The van der Waals surface area contributed by atoms with Crippen LogP contribution in [-0.4, -0.2) is 36.9 Å². The van der Waals surface area contributed by atoms with Crippen LogP contribution >= 0.6 is 34.4 Å². The summed E-state index contributed by atoms with van der Waals surface area (Å²) in [5.41, 5.74) is 0.962. The maximum Gasteiger partial charge on any atom is 0.230 e. The van der Waals surface area contributed by atoms with Crippen molar-refractivity contribution in [3.63, 3.8) is 0 Å². The highest BCUT2D eigenvalue weighted by Crippen LogP contribution is 2.30. The molecule has 23 heavy (non-hydrogen) atoms. The molecule has 0 fully saturated rings. The number of nitrogens with zero attached hydrogens (tertiary/aromatic N) is 5. The number of hydrogen-bond donors (Lipinski definition) is 1. The third kappa shape index (κ3) is 3.95. The Morgan fingerprint density at radius 1 is 1.48 bits per heavy atom. The molecule has 0 spiro atoms. The number of thiazole rings is 1. The summed E-state index contributed by atoms with van der Waals surface area (Å²) < 4.78 is 1.54.